The van der Waals surface area contributed by atoms with Gasteiger partial charge in [-0.05, 0) is 88.9 Å². The first-order chi connectivity index (χ1) is 26.1. The van der Waals surface area contributed by atoms with Crippen LogP contribution in [-0.4, -0.2) is 107 Å². The number of fused-ring (bicyclic) bond motifs is 4. The Bertz CT molecular complexity index is 1590. The second-order valence-electron chi connectivity index (χ2n) is 18.0. The summed E-state index contributed by atoms with van der Waals surface area (Å²) in [6.45, 7) is 3.85. The van der Waals surface area contributed by atoms with Crippen molar-refractivity contribution in [1.29, 1.82) is 0 Å². The number of aliphatic hydroxyl groups excluding tert-OH is 2. The van der Waals surface area contributed by atoms with Gasteiger partial charge in [-0.3, -0.25) is 30.6 Å². The molecule has 0 amide bonds. The first-order valence-electron chi connectivity index (χ1n) is 20.4. The molecule has 12 nitrogen and oxygen atoms in total. The van der Waals surface area contributed by atoms with Crippen molar-refractivity contribution in [2.24, 2.45) is 60.9 Å². The highest BCUT2D eigenvalue weighted by Gasteiger charge is 2.76. The lowest BCUT2D eigenvalue weighted by atomic mass is 9.56. The molecule has 55 heavy (non-hydrogen) atoms. The van der Waals surface area contributed by atoms with Crippen LogP contribution in [0.3, 0.4) is 0 Å². The van der Waals surface area contributed by atoms with Crippen LogP contribution in [0.5, 0.6) is 0 Å². The monoisotopic (exact) mass is 784 g/mol. The molecule has 0 aromatic rings. The molecule has 5 fully saturated rings. The third-order valence-corrected chi connectivity index (χ3v) is 14.8. The average molecular weight is 785 g/mol. The van der Waals surface area contributed by atoms with Crippen molar-refractivity contribution in [2.75, 3.05) is 0 Å². The van der Waals surface area contributed by atoms with Gasteiger partial charge in [0.2, 0.25) is 0 Å². The number of aliphatic imine (C=N–C) groups is 4. The van der Waals surface area contributed by atoms with Crippen LogP contribution >= 0.6 is 0 Å². The van der Waals surface area contributed by atoms with Gasteiger partial charge in [0.15, 0.2) is 5.41 Å². The van der Waals surface area contributed by atoms with E-state index in [0.717, 1.165) is 12.3 Å². The highest BCUT2D eigenvalue weighted by Crippen LogP contribution is 2.65. The van der Waals surface area contributed by atoms with Gasteiger partial charge in [-0.1, -0.05) is 19.8 Å². The second kappa shape index (κ2) is 13.7. The largest absolute Gasteiger partial charge is 0.403 e. The van der Waals surface area contributed by atoms with Crippen molar-refractivity contribution in [1.82, 2.24) is 31.9 Å². The van der Waals surface area contributed by atoms with E-state index in [0.29, 0.717) is 49.6 Å². The Morgan fingerprint density at radius 3 is 1.67 bits per heavy atom. The third-order valence-electron chi connectivity index (χ3n) is 14.8. The Morgan fingerprint density at radius 2 is 1.07 bits per heavy atom. The number of halogens is 6. The Balaban J connectivity index is 0.814. The summed E-state index contributed by atoms with van der Waals surface area (Å²) in [5, 5.41) is 43.5. The highest BCUT2D eigenvalue weighted by atomic mass is 19.4. The molecule has 12 atom stereocenters. The summed E-state index contributed by atoms with van der Waals surface area (Å²) < 4.78 is 88.7. The molecule has 12 unspecified atom stereocenters. The number of alkyl halides is 6. The van der Waals surface area contributed by atoms with Gasteiger partial charge in [0, 0.05) is 17.8 Å². The molecule has 6 heterocycles. The van der Waals surface area contributed by atoms with Gasteiger partial charge < -0.3 is 31.5 Å². The molecule has 306 valence electrons. The van der Waals surface area contributed by atoms with Crippen molar-refractivity contribution in [2.45, 2.75) is 164 Å². The average Bonchev–Trinajstić information content (AvgIpc) is 3.90. The molecule has 0 bridgehead atoms. The van der Waals surface area contributed by atoms with Crippen LogP contribution in [0, 0.1) is 40.9 Å². The van der Waals surface area contributed by atoms with Crippen LogP contribution in [0.4, 0.5) is 26.3 Å². The summed E-state index contributed by atoms with van der Waals surface area (Å²) in [4.78, 5) is 19.3. The van der Waals surface area contributed by atoms with Gasteiger partial charge >= 0.3 is 12.4 Å². The van der Waals surface area contributed by atoms with Gasteiger partial charge in [0.25, 0.3) is 0 Å². The summed E-state index contributed by atoms with van der Waals surface area (Å²) in [6.07, 6.45) is -10.1. The molecule has 9 rings (SSSR count). The van der Waals surface area contributed by atoms with E-state index in [9.17, 15) is 36.6 Å². The fraction of sp³-hybridized carbons (Fsp3) is 0.892. The number of hydrogen-bond donors (Lipinski definition) is 8. The standard InChI is InChI=1S/C37H54F6N10O2/c1-15-3-7-18(8-4-15)35(36(38,39)40,37(41,42)43)19-9-5-17(6-10-19)28-46-23-14-25-34(53-32(23)49-28)51-30(48-25)21-12-26(54)20(11-27(21)55)29-47-24-13-22-31(45-16(2)44-22)52-33(24)50-29/h15,17-27,31-34,52-55H,3-14H2,1-2H3,(H,44,45)(H,46,49)(H,47,50)(H,48,51). The normalized spacial score (nSPS) is 45.6. The molecule has 8 N–H and O–H groups in total. The van der Waals surface area contributed by atoms with E-state index in [-0.39, 0.29) is 111 Å². The molecule has 3 saturated carbocycles. The maximum Gasteiger partial charge on any atom is 0.403 e. The Kier molecular flexibility index (Phi) is 9.44. The van der Waals surface area contributed by atoms with E-state index >= 15 is 0 Å². The molecule has 9 aliphatic rings. The predicted octanol–water partition coefficient (Wildman–Crippen LogP) is 3.27. The van der Waals surface area contributed by atoms with Crippen LogP contribution in [0.2, 0.25) is 0 Å². The Morgan fingerprint density at radius 1 is 0.564 bits per heavy atom. The number of rotatable bonds is 5. The maximum absolute atomic E-state index is 14.8. The minimum Gasteiger partial charge on any atom is -0.392 e. The van der Waals surface area contributed by atoms with Crippen LogP contribution in [0.15, 0.2) is 20.0 Å². The van der Waals surface area contributed by atoms with Crippen LogP contribution in [-0.2, 0) is 0 Å². The fourth-order valence-electron chi connectivity index (χ4n) is 11.9. The minimum absolute atomic E-state index is 0.00632. The van der Waals surface area contributed by atoms with E-state index in [4.69, 9.17) is 15.0 Å². The molecular formula is C37H54F6N10O2. The molecule has 6 aliphatic heterocycles. The van der Waals surface area contributed by atoms with Crippen LogP contribution < -0.4 is 31.9 Å². The summed E-state index contributed by atoms with van der Waals surface area (Å²) in [6, 6.07) is -0.0455. The first-order valence-corrected chi connectivity index (χ1v) is 20.4. The third kappa shape index (κ3) is 6.43. The number of aliphatic hydroxyl groups is 2. The number of nitrogens with zero attached hydrogens (tertiary/aromatic N) is 4. The van der Waals surface area contributed by atoms with Crippen molar-refractivity contribution in [3.8, 4) is 0 Å². The smallest absolute Gasteiger partial charge is 0.392 e. The molecule has 3 aliphatic carbocycles. The lowest BCUT2D eigenvalue weighted by molar-refractivity contribution is -0.382. The van der Waals surface area contributed by atoms with E-state index in [2.05, 4.69) is 36.9 Å². The summed E-state index contributed by atoms with van der Waals surface area (Å²) in [7, 11) is 0. The quantitative estimate of drug-likeness (QED) is 0.197. The zero-order chi connectivity index (χ0) is 38.6. The second-order valence-corrected chi connectivity index (χ2v) is 18.0. The molecule has 2 saturated heterocycles. The summed E-state index contributed by atoms with van der Waals surface area (Å²) in [5.74, 6) is -0.861. The lowest BCUT2D eigenvalue weighted by Gasteiger charge is -2.51. The number of hydrogen-bond acceptors (Lipinski definition) is 12. The van der Waals surface area contributed by atoms with Gasteiger partial charge in [0.05, 0.1) is 42.2 Å². The van der Waals surface area contributed by atoms with Gasteiger partial charge in [0.1, 0.15) is 42.2 Å². The van der Waals surface area contributed by atoms with E-state index < -0.39 is 41.8 Å². The molecule has 0 spiro atoms. The zero-order valence-corrected chi connectivity index (χ0v) is 31.2. The predicted molar refractivity (Wildman–Crippen MR) is 193 cm³/mol. The number of amidine groups is 4. The summed E-state index contributed by atoms with van der Waals surface area (Å²) >= 11 is 0. The summed E-state index contributed by atoms with van der Waals surface area (Å²) in [5.41, 5.74) is -3.68. The fourth-order valence-corrected chi connectivity index (χ4v) is 11.9. The van der Waals surface area contributed by atoms with Crippen molar-refractivity contribution in [3.63, 3.8) is 0 Å². The van der Waals surface area contributed by atoms with Crippen LogP contribution in [0.1, 0.15) is 90.9 Å². The Labute approximate surface area is 316 Å². The minimum atomic E-state index is -5.38. The molecule has 0 aromatic heterocycles. The molecule has 0 aromatic carbocycles. The molecular weight excluding hydrogens is 730 g/mol. The Hall–Kier alpha value is -2.70. The van der Waals surface area contributed by atoms with E-state index in [1.807, 2.05) is 13.8 Å². The molecule has 18 heteroatoms. The first kappa shape index (κ1) is 37.9. The maximum atomic E-state index is 14.8. The SMILES string of the molecule is CC1=NC2NC3NC(C4CC(O)C(C5=NC6NC7N=C(C8CCC(C(C9CCC(C)CC9)(C(F)(F)F)C(F)(F)F)CC8)NC7CC6N5)CC4O)=NC3CC2N1. The van der Waals surface area contributed by atoms with Crippen molar-refractivity contribution >= 4 is 23.3 Å². The topological polar surface area (TPSA) is 162 Å². The van der Waals surface area contributed by atoms with Gasteiger partial charge in [-0.2, -0.15) is 26.3 Å². The number of piperidine rings is 2. The van der Waals surface area contributed by atoms with E-state index in [1.165, 1.54) is 0 Å². The van der Waals surface area contributed by atoms with E-state index in [1.54, 1.807) is 0 Å². The number of nitrogens with one attached hydrogen (secondary N) is 6. The van der Waals surface area contributed by atoms with Gasteiger partial charge in [-0.25, -0.2) is 0 Å². The molecule has 0 radical (unpaired) electrons. The van der Waals surface area contributed by atoms with Crippen molar-refractivity contribution < 1.29 is 36.6 Å². The lowest BCUT2D eigenvalue weighted by Crippen LogP contribution is -2.61. The van der Waals surface area contributed by atoms with Crippen molar-refractivity contribution in [3.05, 3.63) is 0 Å². The highest BCUT2D eigenvalue weighted by molar-refractivity contribution is 5.91. The van der Waals surface area contributed by atoms with Crippen LogP contribution in [0.25, 0.3) is 0 Å². The zero-order valence-electron chi connectivity index (χ0n) is 31.2. The van der Waals surface area contributed by atoms with Gasteiger partial charge in [-0.15, -0.1) is 0 Å².